The molecule has 1 fully saturated rings. The average Bonchev–Trinajstić information content (AvgIpc) is 2.50. The SMILES string of the molecule is CCC[C@]1(C(=O)O)CCN(Cc2cccc(OC)n2)C[C@@H]1O. The second-order valence-electron chi connectivity index (χ2n) is 5.88. The Morgan fingerprint density at radius 1 is 1.55 bits per heavy atom. The standard InChI is InChI=1S/C16H24N2O4/c1-3-7-16(15(20)21)8-9-18(11-13(16)19)10-12-5-4-6-14(17-12)22-2/h4-6,13,19H,3,7-11H2,1-2H3,(H,20,21)/t13-,16-/m0/s1. The Kier molecular flexibility index (Phi) is 5.37. The van der Waals surface area contributed by atoms with Gasteiger partial charge in [0, 0.05) is 19.2 Å². The Bertz CT molecular complexity index is 523. The summed E-state index contributed by atoms with van der Waals surface area (Å²) in [5, 5.41) is 19.9. The van der Waals surface area contributed by atoms with Crippen LogP contribution in [0.15, 0.2) is 18.2 Å². The van der Waals surface area contributed by atoms with E-state index >= 15 is 0 Å². The first-order valence-electron chi connectivity index (χ1n) is 7.65. The number of pyridine rings is 1. The molecule has 0 radical (unpaired) electrons. The van der Waals surface area contributed by atoms with Crippen molar-refractivity contribution in [2.75, 3.05) is 20.2 Å². The summed E-state index contributed by atoms with van der Waals surface area (Å²) in [7, 11) is 1.57. The number of nitrogens with zero attached hydrogens (tertiary/aromatic N) is 2. The van der Waals surface area contributed by atoms with Crippen LogP contribution in [0.5, 0.6) is 5.88 Å². The summed E-state index contributed by atoms with van der Waals surface area (Å²) >= 11 is 0. The largest absolute Gasteiger partial charge is 0.481 e. The van der Waals surface area contributed by atoms with E-state index < -0.39 is 17.5 Å². The molecule has 0 spiro atoms. The lowest BCUT2D eigenvalue weighted by Crippen LogP contribution is -2.54. The van der Waals surface area contributed by atoms with Gasteiger partial charge in [-0.25, -0.2) is 4.98 Å². The smallest absolute Gasteiger partial charge is 0.312 e. The second kappa shape index (κ2) is 7.07. The number of methoxy groups -OCH3 is 1. The predicted molar refractivity (Wildman–Crippen MR) is 81.7 cm³/mol. The Balaban J connectivity index is 2.04. The molecular weight excluding hydrogens is 284 g/mol. The molecule has 0 aliphatic carbocycles. The highest BCUT2D eigenvalue weighted by Gasteiger charge is 2.47. The van der Waals surface area contributed by atoms with E-state index in [1.807, 2.05) is 24.0 Å². The summed E-state index contributed by atoms with van der Waals surface area (Å²) in [6.45, 7) is 3.52. The summed E-state index contributed by atoms with van der Waals surface area (Å²) in [5.74, 6) is -0.332. The Labute approximate surface area is 130 Å². The van der Waals surface area contributed by atoms with Crippen LogP contribution in [0.2, 0.25) is 0 Å². The van der Waals surface area contributed by atoms with Gasteiger partial charge in [-0.1, -0.05) is 19.4 Å². The highest BCUT2D eigenvalue weighted by Crippen LogP contribution is 2.37. The van der Waals surface area contributed by atoms with E-state index in [0.29, 0.717) is 38.4 Å². The number of β-amino-alcohol motifs (C(OH)–C–C–N with tert-alkyl or cyclic N) is 1. The van der Waals surface area contributed by atoms with Gasteiger partial charge in [0.2, 0.25) is 5.88 Å². The summed E-state index contributed by atoms with van der Waals surface area (Å²) < 4.78 is 5.10. The van der Waals surface area contributed by atoms with Crippen molar-refractivity contribution < 1.29 is 19.7 Å². The van der Waals surface area contributed by atoms with Crippen LogP contribution in [0.4, 0.5) is 0 Å². The summed E-state index contributed by atoms with van der Waals surface area (Å²) in [6.07, 6.45) is 0.862. The molecule has 1 aromatic rings. The number of likely N-dealkylation sites (tertiary alicyclic amines) is 1. The molecule has 0 saturated carbocycles. The zero-order valence-corrected chi connectivity index (χ0v) is 13.2. The third kappa shape index (κ3) is 3.39. The van der Waals surface area contributed by atoms with Gasteiger partial charge in [0.1, 0.15) is 0 Å². The lowest BCUT2D eigenvalue weighted by atomic mass is 9.73. The maximum Gasteiger partial charge on any atom is 0.312 e. The number of rotatable bonds is 6. The van der Waals surface area contributed by atoms with Crippen molar-refractivity contribution in [3.63, 3.8) is 0 Å². The number of ether oxygens (including phenoxy) is 1. The van der Waals surface area contributed by atoms with Gasteiger partial charge in [-0.15, -0.1) is 0 Å². The fourth-order valence-corrected chi connectivity index (χ4v) is 3.16. The fraction of sp³-hybridized carbons (Fsp3) is 0.625. The van der Waals surface area contributed by atoms with Crippen LogP contribution in [0, 0.1) is 5.41 Å². The molecule has 0 bridgehead atoms. The van der Waals surface area contributed by atoms with E-state index in [2.05, 4.69) is 4.98 Å². The zero-order chi connectivity index (χ0) is 16.2. The van der Waals surface area contributed by atoms with E-state index in [1.54, 1.807) is 13.2 Å². The van der Waals surface area contributed by atoms with Gasteiger partial charge in [0.25, 0.3) is 0 Å². The molecule has 1 aromatic heterocycles. The van der Waals surface area contributed by atoms with Crippen molar-refractivity contribution in [1.29, 1.82) is 0 Å². The number of carboxylic acid groups (broad SMARTS) is 1. The minimum atomic E-state index is -1.01. The van der Waals surface area contributed by atoms with Gasteiger partial charge in [0.05, 0.1) is 24.3 Å². The normalized spacial score (nSPS) is 25.9. The topological polar surface area (TPSA) is 82.9 Å². The van der Waals surface area contributed by atoms with Crippen molar-refractivity contribution in [1.82, 2.24) is 9.88 Å². The van der Waals surface area contributed by atoms with E-state index in [0.717, 1.165) is 12.1 Å². The quantitative estimate of drug-likeness (QED) is 0.829. The molecule has 22 heavy (non-hydrogen) atoms. The van der Waals surface area contributed by atoms with E-state index in [-0.39, 0.29) is 0 Å². The van der Waals surface area contributed by atoms with Crippen LogP contribution in [-0.4, -0.2) is 52.4 Å². The maximum absolute atomic E-state index is 11.6. The van der Waals surface area contributed by atoms with Crippen LogP contribution >= 0.6 is 0 Å². The molecule has 2 atom stereocenters. The van der Waals surface area contributed by atoms with E-state index in [4.69, 9.17) is 4.74 Å². The lowest BCUT2D eigenvalue weighted by molar-refractivity contribution is -0.164. The van der Waals surface area contributed by atoms with E-state index in [1.165, 1.54) is 0 Å². The van der Waals surface area contributed by atoms with Gasteiger partial charge in [-0.05, 0) is 25.5 Å². The van der Waals surface area contributed by atoms with Crippen LogP contribution in [-0.2, 0) is 11.3 Å². The van der Waals surface area contributed by atoms with Crippen molar-refractivity contribution in [2.24, 2.45) is 5.41 Å². The first kappa shape index (κ1) is 16.7. The minimum Gasteiger partial charge on any atom is -0.481 e. The van der Waals surface area contributed by atoms with Gasteiger partial charge in [-0.2, -0.15) is 0 Å². The zero-order valence-electron chi connectivity index (χ0n) is 13.2. The number of carbonyl (C=O) groups is 1. The monoisotopic (exact) mass is 308 g/mol. The molecular formula is C16H24N2O4. The Morgan fingerprint density at radius 2 is 2.32 bits per heavy atom. The van der Waals surface area contributed by atoms with Crippen LogP contribution in [0.3, 0.4) is 0 Å². The second-order valence-corrected chi connectivity index (χ2v) is 5.88. The molecule has 122 valence electrons. The highest BCUT2D eigenvalue weighted by atomic mass is 16.5. The molecule has 6 nitrogen and oxygen atoms in total. The number of aromatic nitrogens is 1. The molecule has 2 N–H and O–H groups in total. The lowest BCUT2D eigenvalue weighted by Gasteiger charge is -2.42. The summed E-state index contributed by atoms with van der Waals surface area (Å²) in [6, 6.07) is 5.56. The molecule has 0 amide bonds. The summed E-state index contributed by atoms with van der Waals surface area (Å²) in [4.78, 5) is 18.0. The molecule has 6 heteroatoms. The van der Waals surface area contributed by atoms with Crippen molar-refractivity contribution >= 4 is 5.97 Å². The number of aliphatic hydroxyl groups is 1. The molecule has 1 aliphatic heterocycles. The third-order valence-electron chi connectivity index (χ3n) is 4.44. The van der Waals surface area contributed by atoms with Gasteiger partial charge < -0.3 is 14.9 Å². The average molecular weight is 308 g/mol. The molecule has 2 heterocycles. The molecule has 1 aliphatic rings. The number of aliphatic carboxylic acids is 1. The number of hydrogen-bond acceptors (Lipinski definition) is 5. The maximum atomic E-state index is 11.6. The van der Waals surface area contributed by atoms with Crippen LogP contribution in [0.25, 0.3) is 0 Å². The number of hydrogen-bond donors (Lipinski definition) is 2. The third-order valence-corrected chi connectivity index (χ3v) is 4.44. The number of aliphatic hydroxyl groups excluding tert-OH is 1. The number of piperidine rings is 1. The molecule has 2 rings (SSSR count). The molecule has 0 aromatic carbocycles. The van der Waals surface area contributed by atoms with Crippen molar-refractivity contribution in [2.45, 2.75) is 38.8 Å². The van der Waals surface area contributed by atoms with Crippen molar-refractivity contribution in [3.8, 4) is 5.88 Å². The highest BCUT2D eigenvalue weighted by molar-refractivity contribution is 5.75. The first-order valence-corrected chi connectivity index (χ1v) is 7.65. The number of carboxylic acids is 1. The molecule has 0 unspecified atom stereocenters. The van der Waals surface area contributed by atoms with Gasteiger partial charge in [0.15, 0.2) is 0 Å². The van der Waals surface area contributed by atoms with Crippen LogP contribution in [0.1, 0.15) is 31.9 Å². The molecule has 1 saturated heterocycles. The van der Waals surface area contributed by atoms with Gasteiger partial charge in [-0.3, -0.25) is 9.69 Å². The van der Waals surface area contributed by atoms with Gasteiger partial charge >= 0.3 is 5.97 Å². The first-order chi connectivity index (χ1) is 10.5. The summed E-state index contributed by atoms with van der Waals surface area (Å²) in [5.41, 5.74) is -0.155. The van der Waals surface area contributed by atoms with Crippen molar-refractivity contribution in [3.05, 3.63) is 23.9 Å². The predicted octanol–water partition coefficient (Wildman–Crippen LogP) is 1.53. The minimum absolute atomic E-state index is 0.352. The Hall–Kier alpha value is -1.66. The Morgan fingerprint density at radius 3 is 2.91 bits per heavy atom. The van der Waals surface area contributed by atoms with E-state index in [9.17, 15) is 15.0 Å². The fourth-order valence-electron chi connectivity index (χ4n) is 3.16. The van der Waals surface area contributed by atoms with Crippen LogP contribution < -0.4 is 4.74 Å².